The van der Waals surface area contributed by atoms with E-state index < -0.39 is 61.2 Å². The van der Waals surface area contributed by atoms with Gasteiger partial charge in [-0.1, -0.05) is 32.4 Å². The van der Waals surface area contributed by atoms with Gasteiger partial charge in [0.05, 0.1) is 95.8 Å². The standard InChI is InChI=1S/C22H24N4O4.C21H31BN2O5.C17H16N4O2.C15H19ClN2O3.C15H20N2O4.C8H18O2Si.C7H6N2O/c1-14(27)18-8-20(29-13-16-7-15(9-23)10-24-11-16)17-5-6-26(12-19(17)25-18)21(28)30-22(2,3)4;1-13(25)16-11-15(22-28-20(5,6)21(7,8)29-22)14-9-10-24(12-17(14)23-16)18(26)27-19(2,3)4;1-11(22)15-5-17(14-2-3-19-9-16(14)21-15)23-10-13-4-12(6-18)7-20-8-13;1-9(19)12-7-11(16)10-5-6-18(8-13(10)17-12)14(20)21-15(2,3)4;1-9(18)11-7-13(19)10-5-6-17(8-12(10)16-11)14(20)21-15(2,3)4;1-8(2,3)11(4,5)10-7-6-9;8-2-6-1-7(5-10)4-9-3-6/h7-8,10-11H,5-6,12-13H2,1-4H3;11H,9-10,12H2,1-8H3;4-5,7-8,19H,2-3,9-10H2,1H3;7H,5-6,8H2,1-4H3;7H,5-6,8H2,1-4H3,(H,16,19);6H,7H2,1-5H3;1,3-4,10H,5H2. The first-order valence-electron chi connectivity index (χ1n) is 47.6. The number of halogens is 1. The molecular formula is C105H134BClN16O21Si. The summed E-state index contributed by atoms with van der Waals surface area (Å²) >= 11 is 6.20. The Kier molecular flexibility index (Phi) is 40.2. The number of rotatable bonds is 16. The number of amides is 4. The number of H-pyrrole nitrogens is 1. The predicted molar refractivity (Wildman–Crippen MR) is 542 cm³/mol. The minimum Gasteiger partial charge on any atom is -0.488 e. The maximum absolute atomic E-state index is 12.5. The number of nitriles is 3. The normalized spacial score (nSPS) is 14.7. The quantitative estimate of drug-likeness (QED) is 0.0350. The molecule has 0 atom stereocenters. The molecule has 6 aliphatic heterocycles. The maximum Gasteiger partial charge on any atom is 0.495 e. The molecule has 1 fully saturated rings. The molecule has 1 saturated heterocycles. The molecule has 8 aromatic heterocycles. The van der Waals surface area contributed by atoms with Gasteiger partial charge in [0.15, 0.2) is 42.7 Å². The van der Waals surface area contributed by atoms with Crippen molar-refractivity contribution in [3.05, 3.63) is 219 Å². The Morgan fingerprint density at radius 2 is 0.841 bits per heavy atom. The number of ether oxygens (including phenoxy) is 6. The van der Waals surface area contributed by atoms with Crippen molar-refractivity contribution in [2.75, 3.05) is 39.3 Å². The van der Waals surface area contributed by atoms with Crippen LogP contribution in [0.1, 0.15) is 308 Å². The number of carbonyl (C=O) groups excluding carboxylic acids is 10. The van der Waals surface area contributed by atoms with E-state index in [1.54, 1.807) is 90.3 Å². The van der Waals surface area contributed by atoms with E-state index in [1.165, 1.54) is 70.4 Å². The first kappa shape index (κ1) is 117. The minimum absolute atomic E-state index is 0.0669. The van der Waals surface area contributed by atoms with Gasteiger partial charge in [-0.25, -0.2) is 39.1 Å². The molecule has 8 aromatic rings. The van der Waals surface area contributed by atoms with Gasteiger partial charge >= 0.3 is 31.5 Å². The number of nitrogens with one attached hydrogen (secondary N) is 2. The number of hydrogen-bond donors (Lipinski definition) is 3. The highest BCUT2D eigenvalue weighted by atomic mass is 35.5. The lowest BCUT2D eigenvalue weighted by molar-refractivity contribution is -0.109. The van der Waals surface area contributed by atoms with Crippen molar-refractivity contribution in [1.82, 2.24) is 64.8 Å². The third-order valence-corrected chi connectivity index (χ3v) is 28.5. The van der Waals surface area contributed by atoms with E-state index in [9.17, 15) is 52.7 Å². The Labute approximate surface area is 853 Å². The SMILES string of the molecule is CC(=O)c1cc(=O)c2c([nH]1)CN(C(=O)OC(C)(C)C)CC2.CC(=O)c1cc(B2OC(C)(C)C(C)(C)O2)c2c(n1)CN(C(=O)OC(C)(C)C)CC2.CC(=O)c1cc(Cl)c2c(n1)CN(C(=O)OC(C)(C)C)CC2.CC(=O)c1cc(OCc2cncc(C#N)c2)c2c(n1)CN(C(=O)OC(C)(C)C)CC2.CC(=O)c1cc(OCc2cncc(C#N)c2)c2c(n1)CNCC2.CC(C)(C)[Si](C)(C)OCC=O.N#Cc1cncc(CO)c1. The number of aliphatic hydroxyl groups excluding tert-OH is 1. The Morgan fingerprint density at radius 3 is 1.23 bits per heavy atom. The topological polar surface area (TPSA) is 493 Å². The molecule has 145 heavy (non-hydrogen) atoms. The molecule has 0 aromatic carbocycles. The average molecular weight is 2030 g/mol. The molecule has 40 heteroatoms. The Balaban J connectivity index is 0.000000212. The van der Waals surface area contributed by atoms with Crippen LogP contribution in [-0.4, -0.2) is 213 Å². The monoisotopic (exact) mass is 2030 g/mol. The number of nitrogens with zero attached hydrogens (tertiary/aromatic N) is 14. The summed E-state index contributed by atoms with van der Waals surface area (Å²) in [6.07, 6.45) is 11.5. The lowest BCUT2D eigenvalue weighted by atomic mass is 9.73. The smallest absolute Gasteiger partial charge is 0.488 e. The highest BCUT2D eigenvalue weighted by Gasteiger charge is 2.53. The number of ketones is 5. The van der Waals surface area contributed by atoms with Crippen molar-refractivity contribution in [2.24, 2.45) is 0 Å². The fourth-order valence-corrected chi connectivity index (χ4v) is 15.7. The molecule has 0 unspecified atom stereocenters. The van der Waals surface area contributed by atoms with E-state index in [2.05, 4.69) is 85.1 Å². The van der Waals surface area contributed by atoms with Crippen LogP contribution in [0.2, 0.25) is 23.2 Å². The minimum atomic E-state index is -1.66. The fraction of sp³-hybridized carbons (Fsp3) is 0.495. The molecule has 37 nitrogen and oxygen atoms in total. The first-order chi connectivity index (χ1) is 67.5. The molecule has 14 heterocycles. The van der Waals surface area contributed by atoms with E-state index in [0.717, 1.165) is 63.8 Å². The zero-order valence-electron chi connectivity index (χ0n) is 87.9. The van der Waals surface area contributed by atoms with Crippen LogP contribution in [0.25, 0.3) is 0 Å². The third kappa shape index (κ3) is 34.4. The molecule has 774 valence electrons. The molecule has 0 saturated carbocycles. The van der Waals surface area contributed by atoms with Crippen molar-refractivity contribution in [1.29, 1.82) is 15.8 Å². The van der Waals surface area contributed by atoms with Gasteiger partial charge in [0, 0.05) is 161 Å². The van der Waals surface area contributed by atoms with E-state index >= 15 is 0 Å². The summed E-state index contributed by atoms with van der Waals surface area (Å²) in [7, 11) is -2.24. The van der Waals surface area contributed by atoms with Gasteiger partial charge in [0.25, 0.3) is 0 Å². The highest BCUT2D eigenvalue weighted by Crippen LogP contribution is 2.40. The number of hydrogen-bond acceptors (Lipinski definition) is 32. The zero-order valence-corrected chi connectivity index (χ0v) is 89.7. The van der Waals surface area contributed by atoms with Gasteiger partial charge in [-0.05, 0) is 220 Å². The predicted octanol–water partition coefficient (Wildman–Crippen LogP) is 15.8. The second kappa shape index (κ2) is 49.9. The molecule has 14 rings (SSSR count). The molecule has 0 bridgehead atoms. The first-order valence-corrected chi connectivity index (χ1v) is 50.8. The van der Waals surface area contributed by atoms with Crippen molar-refractivity contribution in [3.8, 4) is 29.7 Å². The van der Waals surface area contributed by atoms with Crippen LogP contribution < -0.4 is 25.7 Å². The highest BCUT2D eigenvalue weighted by molar-refractivity contribution is 6.74. The van der Waals surface area contributed by atoms with Crippen LogP contribution in [0.15, 0.2) is 90.5 Å². The number of Topliss-reactive ketones (excluding diaryl/α,β-unsaturated/α-hetero) is 5. The molecule has 0 spiro atoms. The van der Waals surface area contributed by atoms with Gasteiger partial charge in [-0.2, -0.15) is 15.8 Å². The molecule has 0 radical (unpaired) electrons. The van der Waals surface area contributed by atoms with Gasteiger partial charge in [0.1, 0.15) is 94.4 Å². The fourth-order valence-electron chi connectivity index (χ4n) is 14.5. The van der Waals surface area contributed by atoms with Crippen molar-refractivity contribution < 1.29 is 95.2 Å². The van der Waals surface area contributed by atoms with E-state index in [0.29, 0.717) is 156 Å². The number of aromatic nitrogens is 8. The number of aldehydes is 1. The molecule has 3 N–H and O–H groups in total. The van der Waals surface area contributed by atoms with Crippen molar-refractivity contribution >= 4 is 92.1 Å². The van der Waals surface area contributed by atoms with Crippen LogP contribution in [0.4, 0.5) is 19.2 Å². The largest absolute Gasteiger partial charge is 0.495 e. The van der Waals surface area contributed by atoms with E-state index in [1.807, 2.05) is 102 Å². The van der Waals surface area contributed by atoms with Crippen molar-refractivity contribution in [3.63, 3.8) is 0 Å². The summed E-state index contributed by atoms with van der Waals surface area (Å²) in [4.78, 5) is 169. The lowest BCUT2D eigenvalue weighted by Gasteiger charge is -2.35. The summed E-state index contributed by atoms with van der Waals surface area (Å²) in [5.41, 5.74) is 10.6. The third-order valence-electron chi connectivity index (χ3n) is 23.7. The average Bonchev–Trinajstić information content (AvgIpc) is 1.60. The Hall–Kier alpha value is -13.5. The van der Waals surface area contributed by atoms with Crippen LogP contribution in [0.5, 0.6) is 11.5 Å². The van der Waals surface area contributed by atoms with Gasteiger partial charge < -0.3 is 82.0 Å². The number of fused-ring (bicyclic) bond motifs is 5. The molecular weight excluding hydrogens is 1900 g/mol. The second-order valence-electron chi connectivity index (χ2n) is 41.8. The van der Waals surface area contributed by atoms with Gasteiger partial charge in [-0.3, -0.25) is 43.7 Å². The van der Waals surface area contributed by atoms with E-state index in [-0.39, 0.29) is 102 Å². The van der Waals surface area contributed by atoms with Crippen LogP contribution in [-0.2, 0) is 122 Å². The van der Waals surface area contributed by atoms with Crippen molar-refractivity contribution in [2.45, 2.75) is 303 Å². The van der Waals surface area contributed by atoms with Gasteiger partial charge in [0.2, 0.25) is 0 Å². The van der Waals surface area contributed by atoms with E-state index in [4.69, 9.17) is 74.6 Å². The summed E-state index contributed by atoms with van der Waals surface area (Å²) < 4.78 is 51.5. The number of aromatic amines is 1. The Bertz CT molecular complexity index is 6300. The lowest BCUT2D eigenvalue weighted by Crippen LogP contribution is -2.45. The second-order valence-corrected chi connectivity index (χ2v) is 47.0. The summed E-state index contributed by atoms with van der Waals surface area (Å²) in [5.74, 6) is 0.473. The molecule has 6 aliphatic rings. The summed E-state index contributed by atoms with van der Waals surface area (Å²) in [5, 5.41) is 38.9. The number of aliphatic hydroxyl groups is 1. The Morgan fingerprint density at radius 1 is 0.483 bits per heavy atom. The molecule has 4 amide bonds. The number of carbonyl (C=O) groups is 10. The summed E-state index contributed by atoms with van der Waals surface area (Å²) in [6.45, 7) is 53.0. The number of pyridine rings is 8. The van der Waals surface area contributed by atoms with Crippen LogP contribution in [0.3, 0.4) is 0 Å². The summed E-state index contributed by atoms with van der Waals surface area (Å²) in [6, 6.07) is 19.1. The zero-order chi connectivity index (χ0) is 108. The van der Waals surface area contributed by atoms with Crippen LogP contribution in [0, 0.1) is 34.0 Å². The van der Waals surface area contributed by atoms with Gasteiger partial charge in [-0.15, -0.1) is 0 Å². The van der Waals surface area contributed by atoms with Crippen LogP contribution >= 0.6 is 11.6 Å². The maximum atomic E-state index is 12.5. The molecule has 0 aliphatic carbocycles.